The number of hydrogen-bond acceptors (Lipinski definition) is 5. The molecule has 0 saturated carbocycles. The van der Waals surface area contributed by atoms with Crippen molar-refractivity contribution in [2.45, 2.75) is 5.03 Å². The highest BCUT2D eigenvalue weighted by Gasteiger charge is 2.22. The number of thioether (sulfide) groups is 1. The Labute approximate surface area is 99.2 Å². The van der Waals surface area contributed by atoms with E-state index >= 15 is 0 Å². The Balaban J connectivity index is 2.50. The smallest absolute Gasteiger partial charge is 0.361 e. The maximum Gasteiger partial charge on any atom is 0.361 e. The fraction of sp³-hybridized carbons (Fsp3) is 0.111. The number of nitrogens with zero attached hydrogens (tertiary/aromatic N) is 3. The molecule has 0 unspecified atom stereocenters. The predicted octanol–water partition coefficient (Wildman–Crippen LogP) is 1.42. The lowest BCUT2D eigenvalue weighted by molar-refractivity contribution is -0.393. The van der Waals surface area contributed by atoms with Crippen molar-refractivity contribution < 1.29 is 14.8 Å². The highest BCUT2D eigenvalue weighted by molar-refractivity contribution is 8.00. The summed E-state index contributed by atoms with van der Waals surface area (Å²) in [6, 6.07) is 4.98. The zero-order valence-corrected chi connectivity index (χ0v) is 9.25. The van der Waals surface area contributed by atoms with Gasteiger partial charge in [0, 0.05) is 6.07 Å². The van der Waals surface area contributed by atoms with Crippen molar-refractivity contribution in [1.82, 2.24) is 9.38 Å². The van der Waals surface area contributed by atoms with Crippen LogP contribution in [-0.4, -0.2) is 31.1 Å². The molecule has 8 heteroatoms. The van der Waals surface area contributed by atoms with Crippen molar-refractivity contribution in [2.75, 3.05) is 5.75 Å². The van der Waals surface area contributed by atoms with Crippen molar-refractivity contribution in [2.24, 2.45) is 0 Å². The van der Waals surface area contributed by atoms with Crippen molar-refractivity contribution in [3.05, 3.63) is 34.5 Å². The molecule has 7 nitrogen and oxygen atoms in total. The van der Waals surface area contributed by atoms with E-state index in [1.807, 2.05) is 0 Å². The summed E-state index contributed by atoms with van der Waals surface area (Å²) in [4.78, 5) is 24.8. The molecule has 0 saturated heterocycles. The lowest BCUT2D eigenvalue weighted by atomic mass is 10.5. The number of hydrogen-bond donors (Lipinski definition) is 1. The van der Waals surface area contributed by atoms with Crippen LogP contribution in [0.15, 0.2) is 29.4 Å². The highest BCUT2D eigenvalue weighted by Crippen LogP contribution is 2.29. The predicted molar refractivity (Wildman–Crippen MR) is 60.2 cm³/mol. The van der Waals surface area contributed by atoms with Crippen LogP contribution in [0.1, 0.15) is 0 Å². The molecule has 17 heavy (non-hydrogen) atoms. The molecule has 0 fully saturated rings. The molecule has 0 amide bonds. The highest BCUT2D eigenvalue weighted by atomic mass is 32.2. The Hall–Kier alpha value is -2.09. The van der Waals surface area contributed by atoms with Gasteiger partial charge in [-0.05, 0) is 11.0 Å². The van der Waals surface area contributed by atoms with Crippen LogP contribution >= 0.6 is 11.8 Å². The van der Waals surface area contributed by atoms with Gasteiger partial charge in [-0.15, -0.1) is 0 Å². The van der Waals surface area contributed by atoms with E-state index in [4.69, 9.17) is 5.11 Å². The molecule has 2 heterocycles. The second kappa shape index (κ2) is 4.42. The molecule has 0 radical (unpaired) electrons. The third-order valence-electron chi connectivity index (χ3n) is 1.98. The standard InChI is InChI=1S/C9H7N3O4S/c13-7(14)5-17-8-9(12(15)16)11-4-2-1-3-6(11)10-8/h1-4H,5H2,(H,13,14). The van der Waals surface area contributed by atoms with Crippen molar-refractivity contribution in [3.63, 3.8) is 0 Å². The molecule has 0 aromatic carbocycles. The first-order chi connectivity index (χ1) is 8.09. The maximum atomic E-state index is 10.9. The lowest BCUT2D eigenvalue weighted by Crippen LogP contribution is -1.99. The van der Waals surface area contributed by atoms with Gasteiger partial charge in [-0.2, -0.15) is 9.38 Å². The number of pyridine rings is 1. The molecular formula is C9H7N3O4S. The van der Waals surface area contributed by atoms with E-state index in [9.17, 15) is 14.9 Å². The van der Waals surface area contributed by atoms with Crippen LogP contribution < -0.4 is 0 Å². The summed E-state index contributed by atoms with van der Waals surface area (Å²) in [5.41, 5.74) is 0.423. The number of aliphatic carboxylic acids is 1. The summed E-state index contributed by atoms with van der Waals surface area (Å²) in [7, 11) is 0. The van der Waals surface area contributed by atoms with E-state index in [-0.39, 0.29) is 16.6 Å². The third kappa shape index (κ3) is 2.21. The number of rotatable bonds is 4. The number of imidazole rings is 1. The van der Waals surface area contributed by atoms with Gasteiger partial charge in [0.25, 0.3) is 0 Å². The van der Waals surface area contributed by atoms with Crippen LogP contribution in [0.2, 0.25) is 0 Å². The number of aromatic nitrogens is 2. The summed E-state index contributed by atoms with van der Waals surface area (Å²) >= 11 is 0.836. The number of carboxylic acid groups (broad SMARTS) is 1. The topological polar surface area (TPSA) is 97.7 Å². The molecule has 0 aliphatic carbocycles. The van der Waals surface area contributed by atoms with Crippen molar-refractivity contribution in [1.29, 1.82) is 0 Å². The lowest BCUT2D eigenvalue weighted by Gasteiger charge is -1.95. The van der Waals surface area contributed by atoms with E-state index in [0.29, 0.717) is 5.65 Å². The van der Waals surface area contributed by atoms with Gasteiger partial charge < -0.3 is 15.2 Å². The Kier molecular flexibility index (Phi) is 2.96. The van der Waals surface area contributed by atoms with Gasteiger partial charge in [-0.1, -0.05) is 17.8 Å². The van der Waals surface area contributed by atoms with E-state index < -0.39 is 10.9 Å². The third-order valence-corrected chi connectivity index (χ3v) is 2.92. The largest absolute Gasteiger partial charge is 0.481 e. The second-order valence-corrected chi connectivity index (χ2v) is 4.07. The minimum Gasteiger partial charge on any atom is -0.481 e. The molecule has 88 valence electrons. The fourth-order valence-corrected chi connectivity index (χ4v) is 2.07. The monoisotopic (exact) mass is 253 g/mol. The summed E-state index contributed by atoms with van der Waals surface area (Å²) in [6.45, 7) is 0. The maximum absolute atomic E-state index is 10.9. The van der Waals surface area contributed by atoms with E-state index in [2.05, 4.69) is 4.98 Å². The van der Waals surface area contributed by atoms with Gasteiger partial charge in [-0.3, -0.25) is 4.79 Å². The number of nitro groups is 1. The zero-order chi connectivity index (χ0) is 12.4. The summed E-state index contributed by atoms with van der Waals surface area (Å²) in [5.74, 6) is -1.50. The first-order valence-electron chi connectivity index (χ1n) is 4.55. The van der Waals surface area contributed by atoms with Gasteiger partial charge in [0.2, 0.25) is 5.65 Å². The Bertz CT molecular complexity index is 595. The van der Waals surface area contributed by atoms with Gasteiger partial charge in [0.1, 0.15) is 0 Å². The van der Waals surface area contributed by atoms with Crippen LogP contribution in [0.4, 0.5) is 5.82 Å². The summed E-state index contributed by atoms with van der Waals surface area (Å²) < 4.78 is 1.32. The van der Waals surface area contributed by atoms with E-state index in [1.165, 1.54) is 10.6 Å². The second-order valence-electron chi connectivity index (χ2n) is 3.11. The van der Waals surface area contributed by atoms with Gasteiger partial charge >= 0.3 is 11.8 Å². The van der Waals surface area contributed by atoms with Gasteiger partial charge in [-0.25, -0.2) is 0 Å². The number of carbonyl (C=O) groups is 1. The minimum atomic E-state index is -1.04. The van der Waals surface area contributed by atoms with Gasteiger partial charge in [0.05, 0.1) is 11.9 Å². The number of carboxylic acids is 1. The molecule has 2 aromatic heterocycles. The van der Waals surface area contributed by atoms with Crippen LogP contribution in [0.5, 0.6) is 0 Å². The quantitative estimate of drug-likeness (QED) is 0.502. The molecule has 0 spiro atoms. The molecule has 0 bridgehead atoms. The Morgan fingerprint density at radius 1 is 1.59 bits per heavy atom. The molecule has 0 atom stereocenters. The van der Waals surface area contributed by atoms with Crippen LogP contribution in [-0.2, 0) is 4.79 Å². The zero-order valence-electron chi connectivity index (χ0n) is 8.44. The SMILES string of the molecule is O=C(O)CSc1nc2ccccn2c1[N+](=O)[O-]. The van der Waals surface area contributed by atoms with Crippen molar-refractivity contribution in [3.8, 4) is 0 Å². The molecule has 2 aromatic rings. The van der Waals surface area contributed by atoms with Crippen molar-refractivity contribution >= 4 is 29.2 Å². The Morgan fingerprint density at radius 3 is 3.00 bits per heavy atom. The average molecular weight is 253 g/mol. The van der Waals surface area contributed by atoms with Gasteiger partial charge in [0.15, 0.2) is 5.03 Å². The molecular weight excluding hydrogens is 246 g/mol. The first kappa shape index (κ1) is 11.4. The van der Waals surface area contributed by atoms with Crippen LogP contribution in [0.25, 0.3) is 5.65 Å². The number of fused-ring (bicyclic) bond motifs is 1. The fourth-order valence-electron chi connectivity index (χ4n) is 1.35. The summed E-state index contributed by atoms with van der Waals surface area (Å²) in [5, 5.41) is 19.6. The molecule has 2 rings (SSSR count). The molecule has 1 N–H and O–H groups in total. The minimum absolute atomic E-state index is 0.114. The van der Waals surface area contributed by atoms with E-state index in [1.54, 1.807) is 18.2 Å². The van der Waals surface area contributed by atoms with Crippen LogP contribution in [0.3, 0.4) is 0 Å². The Morgan fingerprint density at radius 2 is 2.35 bits per heavy atom. The normalized spacial score (nSPS) is 10.6. The first-order valence-corrected chi connectivity index (χ1v) is 5.54. The van der Waals surface area contributed by atoms with Crippen LogP contribution in [0, 0.1) is 10.1 Å². The molecule has 0 aliphatic heterocycles. The summed E-state index contributed by atoms with van der Waals surface area (Å²) in [6.07, 6.45) is 1.52. The average Bonchev–Trinajstić information content (AvgIpc) is 2.64. The van der Waals surface area contributed by atoms with E-state index in [0.717, 1.165) is 11.8 Å². The molecule has 0 aliphatic rings.